The summed E-state index contributed by atoms with van der Waals surface area (Å²) in [5.74, 6) is 1.60. The minimum absolute atomic E-state index is 0. The van der Waals surface area contributed by atoms with Crippen LogP contribution in [0.15, 0.2) is 35.6 Å². The van der Waals surface area contributed by atoms with E-state index in [4.69, 9.17) is 0 Å². The van der Waals surface area contributed by atoms with Crippen LogP contribution in [-0.4, -0.2) is 46.4 Å². The Morgan fingerprint density at radius 2 is 2.21 bits per heavy atom. The molecule has 8 nitrogen and oxygen atoms in total. The van der Waals surface area contributed by atoms with E-state index in [0.717, 1.165) is 55.5 Å². The smallest absolute Gasteiger partial charge is 0.191 e. The maximum absolute atomic E-state index is 9.38. The molecule has 0 amide bonds. The molecule has 3 rings (SSSR count). The zero-order valence-electron chi connectivity index (χ0n) is 16.3. The second-order valence-electron chi connectivity index (χ2n) is 6.55. The second kappa shape index (κ2) is 10.8. The van der Waals surface area contributed by atoms with Crippen LogP contribution in [-0.2, 0) is 13.6 Å². The predicted molar refractivity (Wildman–Crippen MR) is 121 cm³/mol. The molecular weight excluding hydrogens is 467 g/mol. The van der Waals surface area contributed by atoms with Crippen LogP contribution < -0.4 is 15.5 Å². The molecule has 0 aliphatic carbocycles. The van der Waals surface area contributed by atoms with Crippen LogP contribution in [0.3, 0.4) is 0 Å². The van der Waals surface area contributed by atoms with E-state index in [1.165, 1.54) is 6.33 Å². The van der Waals surface area contributed by atoms with E-state index in [1.54, 1.807) is 4.68 Å². The summed E-state index contributed by atoms with van der Waals surface area (Å²) in [6.45, 7) is 5.12. The van der Waals surface area contributed by atoms with E-state index < -0.39 is 0 Å². The van der Waals surface area contributed by atoms with Crippen molar-refractivity contribution in [3.63, 3.8) is 0 Å². The van der Waals surface area contributed by atoms with Gasteiger partial charge in [-0.15, -0.1) is 24.0 Å². The number of piperidine rings is 1. The number of nitrogens with one attached hydrogen (secondary N) is 2. The summed E-state index contributed by atoms with van der Waals surface area (Å²) in [4.78, 5) is 11.1. The Morgan fingerprint density at radius 1 is 1.39 bits per heavy atom. The Morgan fingerprint density at radius 3 is 2.93 bits per heavy atom. The first kappa shape index (κ1) is 21.9. The molecule has 0 saturated carbocycles. The Bertz CT molecular complexity index is 825. The van der Waals surface area contributed by atoms with Crippen LogP contribution in [0.2, 0.25) is 0 Å². The van der Waals surface area contributed by atoms with Gasteiger partial charge in [-0.05, 0) is 31.9 Å². The lowest BCUT2D eigenvalue weighted by molar-refractivity contribution is 0.467. The van der Waals surface area contributed by atoms with Crippen molar-refractivity contribution in [1.29, 1.82) is 5.26 Å². The summed E-state index contributed by atoms with van der Waals surface area (Å²) < 4.78 is 1.73. The molecule has 28 heavy (non-hydrogen) atoms. The van der Waals surface area contributed by atoms with Crippen molar-refractivity contribution < 1.29 is 0 Å². The summed E-state index contributed by atoms with van der Waals surface area (Å²) in [7, 11) is 1.86. The standard InChI is InChI=1S/C19H26N8.HI/c1-3-21-19(22-12-18-23-14-24-26(18)2)25-16-8-6-10-27(13-16)17-9-5-4-7-15(17)11-20;/h4-5,7,9,14,16H,3,6,8,10,12-13H2,1-2H3,(H2,21,22,25);1H. The third-order valence-electron chi connectivity index (χ3n) is 4.66. The number of halogens is 1. The van der Waals surface area contributed by atoms with E-state index in [-0.39, 0.29) is 30.0 Å². The lowest BCUT2D eigenvalue weighted by Gasteiger charge is -2.35. The molecule has 1 aliphatic heterocycles. The normalized spacial score (nSPS) is 16.8. The fourth-order valence-electron chi connectivity index (χ4n) is 3.28. The highest BCUT2D eigenvalue weighted by Gasteiger charge is 2.22. The molecule has 1 unspecified atom stereocenters. The molecule has 1 saturated heterocycles. The molecule has 2 N–H and O–H groups in total. The van der Waals surface area contributed by atoms with Crippen LogP contribution in [0.5, 0.6) is 0 Å². The summed E-state index contributed by atoms with van der Waals surface area (Å²) in [5.41, 5.74) is 1.73. The summed E-state index contributed by atoms with van der Waals surface area (Å²) >= 11 is 0. The van der Waals surface area contributed by atoms with Gasteiger partial charge in [-0.1, -0.05) is 12.1 Å². The van der Waals surface area contributed by atoms with E-state index in [2.05, 4.69) is 43.6 Å². The first-order valence-corrected chi connectivity index (χ1v) is 9.33. The number of rotatable bonds is 5. The fraction of sp³-hybridized carbons (Fsp3) is 0.474. The highest BCUT2D eigenvalue weighted by molar-refractivity contribution is 14.0. The molecule has 9 heteroatoms. The Hall–Kier alpha value is -2.35. The van der Waals surface area contributed by atoms with E-state index in [0.29, 0.717) is 6.54 Å². The van der Waals surface area contributed by atoms with Gasteiger partial charge in [-0.25, -0.2) is 9.98 Å². The van der Waals surface area contributed by atoms with Crippen LogP contribution in [0.4, 0.5) is 5.69 Å². The first-order chi connectivity index (χ1) is 13.2. The molecule has 0 radical (unpaired) electrons. The number of hydrogen-bond donors (Lipinski definition) is 2. The molecule has 2 aromatic rings. The molecule has 1 atom stereocenters. The van der Waals surface area contributed by atoms with Gasteiger partial charge in [-0.3, -0.25) is 4.68 Å². The van der Waals surface area contributed by atoms with Crippen molar-refractivity contribution in [1.82, 2.24) is 25.4 Å². The molecule has 1 aromatic carbocycles. The van der Waals surface area contributed by atoms with Crippen LogP contribution in [0.1, 0.15) is 31.2 Å². The van der Waals surface area contributed by atoms with E-state index in [9.17, 15) is 5.26 Å². The number of hydrogen-bond acceptors (Lipinski definition) is 5. The van der Waals surface area contributed by atoms with Crippen molar-refractivity contribution in [2.45, 2.75) is 32.4 Å². The molecule has 2 heterocycles. The first-order valence-electron chi connectivity index (χ1n) is 9.33. The van der Waals surface area contributed by atoms with E-state index in [1.807, 2.05) is 31.3 Å². The zero-order valence-corrected chi connectivity index (χ0v) is 18.6. The van der Waals surface area contributed by atoms with Crippen molar-refractivity contribution in [2.75, 3.05) is 24.5 Å². The highest BCUT2D eigenvalue weighted by atomic mass is 127. The van der Waals surface area contributed by atoms with Crippen molar-refractivity contribution in [2.24, 2.45) is 12.0 Å². The maximum Gasteiger partial charge on any atom is 0.191 e. The monoisotopic (exact) mass is 494 g/mol. The van der Waals surface area contributed by atoms with Crippen LogP contribution >= 0.6 is 24.0 Å². The number of nitriles is 1. The highest BCUT2D eigenvalue weighted by Crippen LogP contribution is 2.23. The third-order valence-corrected chi connectivity index (χ3v) is 4.66. The van der Waals surface area contributed by atoms with Crippen molar-refractivity contribution in [3.8, 4) is 6.07 Å². The lowest BCUT2D eigenvalue weighted by atomic mass is 10.0. The van der Waals surface area contributed by atoms with Gasteiger partial charge in [0.2, 0.25) is 0 Å². The Labute approximate surface area is 183 Å². The lowest BCUT2D eigenvalue weighted by Crippen LogP contribution is -2.51. The van der Waals surface area contributed by atoms with E-state index >= 15 is 0 Å². The minimum Gasteiger partial charge on any atom is -0.368 e. The largest absolute Gasteiger partial charge is 0.368 e. The number of anilines is 1. The summed E-state index contributed by atoms with van der Waals surface area (Å²) in [6.07, 6.45) is 3.68. The number of aliphatic imine (C=N–C) groups is 1. The van der Waals surface area contributed by atoms with Gasteiger partial charge in [0.25, 0.3) is 0 Å². The van der Waals surface area contributed by atoms with Gasteiger partial charge in [0.1, 0.15) is 24.8 Å². The number of guanidine groups is 1. The average molecular weight is 494 g/mol. The van der Waals surface area contributed by atoms with Gasteiger partial charge >= 0.3 is 0 Å². The summed E-state index contributed by atoms with van der Waals surface area (Å²) in [5, 5.41) is 20.3. The van der Waals surface area contributed by atoms with Crippen molar-refractivity contribution >= 4 is 35.6 Å². The van der Waals surface area contributed by atoms with Gasteiger partial charge in [0, 0.05) is 32.7 Å². The number of aryl methyl sites for hydroxylation is 1. The van der Waals surface area contributed by atoms with Gasteiger partial charge < -0.3 is 15.5 Å². The predicted octanol–water partition coefficient (Wildman–Crippen LogP) is 2.03. The zero-order chi connectivity index (χ0) is 19.1. The van der Waals surface area contributed by atoms with Crippen molar-refractivity contribution in [3.05, 3.63) is 42.0 Å². The number of para-hydroxylation sites is 1. The van der Waals surface area contributed by atoms with Crippen LogP contribution in [0.25, 0.3) is 0 Å². The summed E-state index contributed by atoms with van der Waals surface area (Å²) in [6, 6.07) is 10.4. The molecule has 1 fully saturated rings. The maximum atomic E-state index is 9.38. The topological polar surface area (TPSA) is 94.2 Å². The molecule has 1 aromatic heterocycles. The average Bonchev–Trinajstić information content (AvgIpc) is 3.11. The Balaban J connectivity index is 0.00000280. The van der Waals surface area contributed by atoms with Gasteiger partial charge in [0.05, 0.1) is 11.3 Å². The molecule has 150 valence electrons. The third kappa shape index (κ3) is 5.58. The molecular formula is C19H27IN8. The fourth-order valence-corrected chi connectivity index (χ4v) is 3.28. The quantitative estimate of drug-likeness (QED) is 0.376. The van der Waals surface area contributed by atoms with Crippen LogP contribution in [0, 0.1) is 11.3 Å². The Kier molecular flexibility index (Phi) is 8.50. The minimum atomic E-state index is 0. The van der Waals surface area contributed by atoms with Gasteiger partial charge in [0.15, 0.2) is 5.96 Å². The second-order valence-corrected chi connectivity index (χ2v) is 6.55. The van der Waals surface area contributed by atoms with Gasteiger partial charge in [-0.2, -0.15) is 10.4 Å². The SMILES string of the molecule is CCNC(=NCc1ncnn1C)NC1CCCN(c2ccccc2C#N)C1.I. The molecule has 0 bridgehead atoms. The number of aromatic nitrogens is 3. The molecule has 0 spiro atoms. The number of benzene rings is 1. The molecule has 1 aliphatic rings. The number of nitrogens with zero attached hydrogens (tertiary/aromatic N) is 6.